The van der Waals surface area contributed by atoms with Gasteiger partial charge < -0.3 is 14.3 Å². The SMILES string of the molecule is Bc1ccc(-c2oc3ccc(O)cc3c2C(=O)OCC)cc1. The number of carbonyl (C=O) groups is 1. The van der Waals surface area contributed by atoms with Crippen molar-refractivity contribution < 1.29 is 19.1 Å². The number of hydrogen-bond acceptors (Lipinski definition) is 4. The zero-order valence-corrected chi connectivity index (χ0v) is 12.4. The highest BCUT2D eigenvalue weighted by Crippen LogP contribution is 2.35. The summed E-state index contributed by atoms with van der Waals surface area (Å²) >= 11 is 0. The molecule has 0 saturated carbocycles. The highest BCUT2D eigenvalue weighted by atomic mass is 16.5. The van der Waals surface area contributed by atoms with Gasteiger partial charge in [-0.25, -0.2) is 4.79 Å². The first-order chi connectivity index (χ1) is 10.6. The molecule has 1 heterocycles. The monoisotopic (exact) mass is 294 g/mol. The van der Waals surface area contributed by atoms with Gasteiger partial charge >= 0.3 is 5.97 Å². The number of aromatic hydroxyl groups is 1. The van der Waals surface area contributed by atoms with Gasteiger partial charge in [-0.2, -0.15) is 0 Å². The minimum Gasteiger partial charge on any atom is -0.508 e. The van der Waals surface area contributed by atoms with Crippen LogP contribution in [-0.2, 0) is 4.74 Å². The number of carbonyl (C=O) groups excluding carboxylic acids is 1. The van der Waals surface area contributed by atoms with Crippen molar-refractivity contribution in [2.24, 2.45) is 0 Å². The molecular formula is C17H15BO4. The lowest BCUT2D eigenvalue weighted by Crippen LogP contribution is -2.05. The van der Waals surface area contributed by atoms with Crippen LogP contribution in [0.1, 0.15) is 17.3 Å². The number of phenolic OH excluding ortho intramolecular Hbond substituents is 1. The van der Waals surface area contributed by atoms with Crippen LogP contribution in [0.2, 0.25) is 0 Å². The van der Waals surface area contributed by atoms with Crippen molar-refractivity contribution in [3.8, 4) is 17.1 Å². The van der Waals surface area contributed by atoms with Crippen molar-refractivity contribution in [3.05, 3.63) is 48.0 Å². The fraction of sp³-hybridized carbons (Fsp3) is 0.118. The second-order valence-electron chi connectivity index (χ2n) is 5.07. The summed E-state index contributed by atoms with van der Waals surface area (Å²) in [5.41, 5.74) is 2.80. The van der Waals surface area contributed by atoms with Crippen molar-refractivity contribution in [3.63, 3.8) is 0 Å². The predicted octanol–water partition coefficient (Wildman–Crippen LogP) is 2.24. The minimum atomic E-state index is -0.456. The zero-order valence-electron chi connectivity index (χ0n) is 12.4. The van der Waals surface area contributed by atoms with E-state index in [0.29, 0.717) is 22.3 Å². The molecule has 110 valence electrons. The van der Waals surface area contributed by atoms with E-state index in [9.17, 15) is 9.90 Å². The topological polar surface area (TPSA) is 59.7 Å². The van der Waals surface area contributed by atoms with Crippen LogP contribution in [0.25, 0.3) is 22.3 Å². The number of rotatable bonds is 3. The average molecular weight is 294 g/mol. The Kier molecular flexibility index (Phi) is 3.63. The van der Waals surface area contributed by atoms with Gasteiger partial charge in [0.05, 0.1) is 6.61 Å². The first-order valence-corrected chi connectivity index (χ1v) is 7.10. The third kappa shape index (κ3) is 2.46. The highest BCUT2D eigenvalue weighted by Gasteiger charge is 2.23. The van der Waals surface area contributed by atoms with E-state index in [1.54, 1.807) is 13.0 Å². The van der Waals surface area contributed by atoms with Gasteiger partial charge in [-0.3, -0.25) is 0 Å². The molecule has 0 bridgehead atoms. The lowest BCUT2D eigenvalue weighted by Gasteiger charge is -2.04. The zero-order chi connectivity index (χ0) is 15.7. The number of furan rings is 1. The van der Waals surface area contributed by atoms with Crippen LogP contribution in [0.15, 0.2) is 46.9 Å². The Labute approximate surface area is 128 Å². The summed E-state index contributed by atoms with van der Waals surface area (Å²) in [5, 5.41) is 10.2. The summed E-state index contributed by atoms with van der Waals surface area (Å²) in [6.07, 6.45) is 0. The van der Waals surface area contributed by atoms with Gasteiger partial charge in [0.25, 0.3) is 0 Å². The third-order valence-corrected chi connectivity index (χ3v) is 3.46. The van der Waals surface area contributed by atoms with Crippen LogP contribution >= 0.6 is 0 Å². The Balaban J connectivity index is 2.26. The lowest BCUT2D eigenvalue weighted by atomic mass is 9.94. The summed E-state index contributed by atoms with van der Waals surface area (Å²) < 4.78 is 11.0. The Bertz CT molecular complexity index is 834. The first kappa shape index (κ1) is 14.3. The van der Waals surface area contributed by atoms with Crippen LogP contribution < -0.4 is 5.46 Å². The number of fused-ring (bicyclic) bond motifs is 1. The predicted molar refractivity (Wildman–Crippen MR) is 87.4 cm³/mol. The molecule has 1 N–H and O–H groups in total. The maximum atomic E-state index is 12.3. The van der Waals surface area contributed by atoms with E-state index in [-0.39, 0.29) is 12.4 Å². The normalized spacial score (nSPS) is 10.8. The molecular weight excluding hydrogens is 279 g/mol. The molecule has 0 saturated heterocycles. The fourth-order valence-electron chi connectivity index (χ4n) is 2.40. The van der Waals surface area contributed by atoms with E-state index >= 15 is 0 Å². The molecule has 2 aromatic carbocycles. The third-order valence-electron chi connectivity index (χ3n) is 3.46. The van der Waals surface area contributed by atoms with Crippen LogP contribution in [0.4, 0.5) is 0 Å². The molecule has 0 unspecified atom stereocenters. The molecule has 5 heteroatoms. The second kappa shape index (κ2) is 5.60. The fourth-order valence-corrected chi connectivity index (χ4v) is 2.40. The van der Waals surface area contributed by atoms with Crippen molar-refractivity contribution in [1.29, 1.82) is 0 Å². The van der Waals surface area contributed by atoms with Gasteiger partial charge in [-0.15, -0.1) is 0 Å². The van der Waals surface area contributed by atoms with Gasteiger partial charge in [0.2, 0.25) is 0 Å². The Morgan fingerprint density at radius 3 is 2.64 bits per heavy atom. The lowest BCUT2D eigenvalue weighted by molar-refractivity contribution is 0.0529. The Morgan fingerprint density at radius 1 is 1.23 bits per heavy atom. The molecule has 4 nitrogen and oxygen atoms in total. The maximum absolute atomic E-state index is 12.3. The van der Waals surface area contributed by atoms with Crippen LogP contribution in [0.3, 0.4) is 0 Å². The summed E-state index contributed by atoms with van der Waals surface area (Å²) in [7, 11) is 1.99. The molecule has 3 aromatic rings. The summed E-state index contributed by atoms with van der Waals surface area (Å²) in [6, 6.07) is 12.4. The summed E-state index contributed by atoms with van der Waals surface area (Å²) in [4.78, 5) is 12.3. The number of benzene rings is 2. The van der Waals surface area contributed by atoms with Gasteiger partial charge in [-0.1, -0.05) is 29.7 Å². The van der Waals surface area contributed by atoms with Gasteiger partial charge in [0, 0.05) is 10.9 Å². The molecule has 0 aliphatic rings. The first-order valence-electron chi connectivity index (χ1n) is 7.10. The Hall–Kier alpha value is -2.69. The van der Waals surface area contributed by atoms with E-state index < -0.39 is 5.97 Å². The van der Waals surface area contributed by atoms with Gasteiger partial charge in [0.15, 0.2) is 0 Å². The molecule has 0 aliphatic heterocycles. The number of phenols is 1. The Morgan fingerprint density at radius 2 is 1.95 bits per heavy atom. The molecule has 0 atom stereocenters. The van der Waals surface area contributed by atoms with E-state index in [1.165, 1.54) is 12.1 Å². The molecule has 0 amide bonds. The average Bonchev–Trinajstić information content (AvgIpc) is 2.86. The van der Waals surface area contributed by atoms with Crippen LogP contribution in [0.5, 0.6) is 5.75 Å². The molecule has 22 heavy (non-hydrogen) atoms. The smallest absolute Gasteiger partial charge is 0.342 e. The molecule has 0 radical (unpaired) electrons. The molecule has 3 rings (SSSR count). The van der Waals surface area contributed by atoms with E-state index in [0.717, 1.165) is 11.0 Å². The quantitative estimate of drug-likeness (QED) is 0.594. The molecule has 1 aromatic heterocycles. The molecule has 0 spiro atoms. The van der Waals surface area contributed by atoms with Crippen molar-refractivity contribution >= 4 is 30.2 Å². The largest absolute Gasteiger partial charge is 0.508 e. The van der Waals surface area contributed by atoms with Crippen LogP contribution in [0, 0.1) is 0 Å². The van der Waals surface area contributed by atoms with E-state index in [2.05, 4.69) is 0 Å². The standard InChI is InChI=1S/C17H15BO4/c1-2-21-17(20)15-13-9-12(19)7-8-14(13)22-16(15)10-3-5-11(18)6-4-10/h3-9,19H,2,18H2,1H3. The van der Waals surface area contributed by atoms with Gasteiger partial charge in [0.1, 0.15) is 30.5 Å². The summed E-state index contributed by atoms with van der Waals surface area (Å²) in [6.45, 7) is 2.03. The molecule has 0 aliphatic carbocycles. The number of ether oxygens (including phenoxy) is 1. The minimum absolute atomic E-state index is 0.0781. The number of esters is 1. The second-order valence-corrected chi connectivity index (χ2v) is 5.07. The van der Waals surface area contributed by atoms with Crippen molar-refractivity contribution in [2.75, 3.05) is 6.61 Å². The van der Waals surface area contributed by atoms with E-state index in [1.807, 2.05) is 32.1 Å². The van der Waals surface area contributed by atoms with Crippen molar-refractivity contribution in [2.45, 2.75) is 6.92 Å². The van der Waals surface area contributed by atoms with Gasteiger partial charge in [-0.05, 0) is 25.1 Å². The number of hydrogen-bond donors (Lipinski definition) is 1. The van der Waals surface area contributed by atoms with Crippen molar-refractivity contribution in [1.82, 2.24) is 0 Å². The van der Waals surface area contributed by atoms with Crippen LogP contribution in [-0.4, -0.2) is 25.5 Å². The molecule has 0 fully saturated rings. The van der Waals surface area contributed by atoms with E-state index in [4.69, 9.17) is 9.15 Å². The maximum Gasteiger partial charge on any atom is 0.342 e. The summed E-state index contributed by atoms with van der Waals surface area (Å²) in [5.74, 6) is 0.0794. The highest BCUT2D eigenvalue weighted by molar-refractivity contribution is 6.32.